The molecule has 0 aliphatic rings. The molecule has 5 nitrogen and oxygen atoms in total. The van der Waals surface area contributed by atoms with Crippen molar-refractivity contribution in [1.82, 2.24) is 14.1 Å². The Labute approximate surface area is 343 Å². The summed E-state index contributed by atoms with van der Waals surface area (Å²) in [6.07, 6.45) is 1.96. The summed E-state index contributed by atoms with van der Waals surface area (Å²) >= 11 is 0. The molecule has 0 unspecified atom stereocenters. The van der Waals surface area contributed by atoms with Crippen LogP contribution in [0.2, 0.25) is 0 Å². The molecule has 8 aromatic rings. The van der Waals surface area contributed by atoms with E-state index in [4.69, 9.17) is 4.98 Å². The third-order valence-electron chi connectivity index (χ3n) is 11.9. The van der Waals surface area contributed by atoms with Crippen LogP contribution in [0.4, 0.5) is 0 Å². The zero-order valence-electron chi connectivity index (χ0n) is 36.1. The molecule has 0 N–H and O–H groups in total. The van der Waals surface area contributed by atoms with Gasteiger partial charge in [0, 0.05) is 32.7 Å². The molecule has 0 fully saturated rings. The summed E-state index contributed by atoms with van der Waals surface area (Å²) < 4.78 is 4.56. The lowest BCUT2D eigenvalue weighted by Gasteiger charge is -2.20. The highest BCUT2D eigenvalue weighted by molar-refractivity contribution is 6.11. The summed E-state index contributed by atoms with van der Waals surface area (Å²) in [5.74, 6) is 0.739. The van der Waals surface area contributed by atoms with Gasteiger partial charge in [-0.2, -0.15) is 10.5 Å². The summed E-state index contributed by atoms with van der Waals surface area (Å²) in [5.41, 5.74) is 12.2. The van der Waals surface area contributed by atoms with E-state index in [1.54, 1.807) is 6.07 Å². The van der Waals surface area contributed by atoms with Gasteiger partial charge in [0.25, 0.3) is 0 Å². The fraction of sp³-hybridized carbons (Fsp3) is 0.302. The highest BCUT2D eigenvalue weighted by Crippen LogP contribution is 2.43. The molecular weight excluding hydrogens is 707 g/mol. The van der Waals surface area contributed by atoms with Crippen LogP contribution in [0.15, 0.2) is 103 Å². The van der Waals surface area contributed by atoms with Crippen LogP contribution >= 0.6 is 0 Å². The van der Waals surface area contributed by atoms with Gasteiger partial charge in [0.05, 0.1) is 45.1 Å². The van der Waals surface area contributed by atoms with Crippen LogP contribution in [0.3, 0.4) is 0 Å². The molecule has 5 heteroatoms. The number of rotatable bonds is 3. The van der Waals surface area contributed by atoms with Gasteiger partial charge in [-0.25, -0.2) is 4.98 Å². The van der Waals surface area contributed by atoms with E-state index < -0.39 is 0 Å². The van der Waals surface area contributed by atoms with Crippen LogP contribution < -0.4 is 0 Å². The Balaban J connectivity index is 1.50. The standard InChI is InChI=1S/C53H53N5/c1-50(2,3)33-16-20-44-38(24-33)39-25-34(51(4,5)6)17-21-45(39)57(44)48-31-56-49(28-42(48)37-15-13-14-32(29-54)43(37)30-55)58-46-22-18-35(52(7,8)9)26-40(46)41-27-36(53(10,11)12)19-23-47(41)58/h13-28,31H,1-12H3. The largest absolute Gasteiger partial charge is 0.307 e. The van der Waals surface area contributed by atoms with Crippen molar-refractivity contribution in [3.8, 4) is 34.8 Å². The lowest BCUT2D eigenvalue weighted by atomic mass is 9.85. The van der Waals surface area contributed by atoms with Gasteiger partial charge < -0.3 is 4.57 Å². The zero-order valence-corrected chi connectivity index (χ0v) is 36.1. The van der Waals surface area contributed by atoms with E-state index in [2.05, 4.69) is 183 Å². The first-order valence-corrected chi connectivity index (χ1v) is 20.3. The van der Waals surface area contributed by atoms with Gasteiger partial charge in [0.15, 0.2) is 0 Å². The van der Waals surface area contributed by atoms with Crippen molar-refractivity contribution in [2.45, 2.75) is 105 Å². The molecule has 0 amide bonds. The van der Waals surface area contributed by atoms with Crippen LogP contribution in [0.5, 0.6) is 0 Å². The molecule has 0 atom stereocenters. The predicted molar refractivity (Wildman–Crippen MR) is 243 cm³/mol. The van der Waals surface area contributed by atoms with E-state index in [0.29, 0.717) is 16.7 Å². The van der Waals surface area contributed by atoms with Crippen LogP contribution in [0.1, 0.15) is 116 Å². The first kappa shape index (κ1) is 38.7. The molecule has 0 aliphatic carbocycles. The van der Waals surface area contributed by atoms with Gasteiger partial charge in [0.1, 0.15) is 18.0 Å². The second-order valence-corrected chi connectivity index (χ2v) is 20.1. The summed E-state index contributed by atoms with van der Waals surface area (Å²) in [5, 5.41) is 25.6. The molecule has 0 bridgehead atoms. The molecule has 0 radical (unpaired) electrons. The van der Waals surface area contributed by atoms with E-state index >= 15 is 0 Å². The van der Waals surface area contributed by atoms with Gasteiger partial charge in [-0.1, -0.05) is 119 Å². The number of fused-ring (bicyclic) bond motifs is 6. The van der Waals surface area contributed by atoms with Gasteiger partial charge in [0.2, 0.25) is 0 Å². The molecule has 5 aromatic carbocycles. The molecule has 8 rings (SSSR count). The van der Waals surface area contributed by atoms with Crippen molar-refractivity contribution in [1.29, 1.82) is 10.5 Å². The lowest BCUT2D eigenvalue weighted by molar-refractivity contribution is 0.590. The SMILES string of the molecule is CC(C)(C)c1ccc2c(c1)c1cc(C(C)(C)C)ccc1n2-c1cc(-c2cccc(C#N)c2C#N)c(-n2c3ccc(C(C)(C)C)cc3c3cc(C(C)(C)C)ccc32)cn1. The fourth-order valence-electron chi connectivity index (χ4n) is 8.36. The van der Waals surface area contributed by atoms with E-state index in [1.165, 1.54) is 43.8 Å². The van der Waals surface area contributed by atoms with Crippen molar-refractivity contribution in [3.63, 3.8) is 0 Å². The van der Waals surface area contributed by atoms with Crippen LogP contribution in [-0.2, 0) is 21.7 Å². The number of hydrogen-bond donors (Lipinski definition) is 0. The minimum Gasteiger partial charge on any atom is -0.307 e. The van der Waals surface area contributed by atoms with Crippen LogP contribution in [0.25, 0.3) is 66.2 Å². The number of aromatic nitrogens is 3. The van der Waals surface area contributed by atoms with Gasteiger partial charge in [-0.05, 0) is 105 Å². The Bertz CT molecular complexity index is 2910. The molecule has 3 aromatic heterocycles. The number of hydrogen-bond acceptors (Lipinski definition) is 3. The Morgan fingerprint density at radius 3 is 1.21 bits per heavy atom. The molecule has 0 saturated heterocycles. The molecule has 0 saturated carbocycles. The smallest absolute Gasteiger partial charge is 0.138 e. The summed E-state index contributed by atoms with van der Waals surface area (Å²) in [6, 6.07) is 39.6. The maximum Gasteiger partial charge on any atom is 0.138 e. The molecular formula is C53H53N5. The number of benzene rings is 5. The lowest BCUT2D eigenvalue weighted by Crippen LogP contribution is -2.10. The zero-order chi connectivity index (χ0) is 41.7. The average Bonchev–Trinajstić information content (AvgIpc) is 3.67. The second-order valence-electron chi connectivity index (χ2n) is 20.1. The molecule has 0 aliphatic heterocycles. The molecule has 58 heavy (non-hydrogen) atoms. The van der Waals surface area contributed by atoms with Crippen molar-refractivity contribution >= 4 is 43.6 Å². The molecule has 3 heterocycles. The summed E-state index contributed by atoms with van der Waals surface area (Å²) in [7, 11) is 0. The van der Waals surface area contributed by atoms with E-state index in [1.807, 2.05) is 18.3 Å². The highest BCUT2D eigenvalue weighted by atomic mass is 15.1. The summed E-state index contributed by atoms with van der Waals surface area (Å²) in [4.78, 5) is 5.33. The average molecular weight is 760 g/mol. The number of pyridine rings is 1. The summed E-state index contributed by atoms with van der Waals surface area (Å²) in [6.45, 7) is 27.0. The highest BCUT2D eigenvalue weighted by Gasteiger charge is 2.26. The number of nitriles is 2. The quantitative estimate of drug-likeness (QED) is 0.180. The number of nitrogens with zero attached hydrogens (tertiary/aromatic N) is 5. The minimum absolute atomic E-state index is 0.0274. The minimum atomic E-state index is -0.0400. The maximum atomic E-state index is 10.7. The predicted octanol–water partition coefficient (Wildman–Crippen LogP) is 13.9. The van der Waals surface area contributed by atoms with Crippen molar-refractivity contribution in [2.75, 3.05) is 0 Å². The topological polar surface area (TPSA) is 70.3 Å². The molecule has 0 spiro atoms. The third kappa shape index (κ3) is 6.35. The normalized spacial score (nSPS) is 12.8. The second kappa shape index (κ2) is 13.2. The van der Waals surface area contributed by atoms with E-state index in [9.17, 15) is 10.5 Å². The van der Waals surface area contributed by atoms with Gasteiger partial charge in [-0.3, -0.25) is 4.57 Å². The van der Waals surface area contributed by atoms with Crippen LogP contribution in [0, 0.1) is 22.7 Å². The fourth-order valence-corrected chi connectivity index (χ4v) is 8.36. The van der Waals surface area contributed by atoms with Crippen LogP contribution in [-0.4, -0.2) is 14.1 Å². The van der Waals surface area contributed by atoms with E-state index in [-0.39, 0.29) is 21.7 Å². The Kier molecular flexibility index (Phi) is 8.80. The first-order chi connectivity index (χ1) is 27.2. The Hall–Kier alpha value is -6.17. The first-order valence-electron chi connectivity index (χ1n) is 20.3. The third-order valence-corrected chi connectivity index (χ3v) is 11.9. The van der Waals surface area contributed by atoms with Gasteiger partial charge >= 0.3 is 0 Å². The van der Waals surface area contributed by atoms with Crippen molar-refractivity contribution < 1.29 is 0 Å². The van der Waals surface area contributed by atoms with Crippen molar-refractivity contribution in [2.24, 2.45) is 0 Å². The van der Waals surface area contributed by atoms with Crippen molar-refractivity contribution in [3.05, 3.63) is 137 Å². The maximum absolute atomic E-state index is 10.7. The Morgan fingerprint density at radius 2 is 0.845 bits per heavy atom. The van der Waals surface area contributed by atoms with Gasteiger partial charge in [-0.15, -0.1) is 0 Å². The Morgan fingerprint density at radius 1 is 0.448 bits per heavy atom. The monoisotopic (exact) mass is 759 g/mol. The van der Waals surface area contributed by atoms with E-state index in [0.717, 1.165) is 39.1 Å². The molecule has 290 valence electrons.